The lowest BCUT2D eigenvalue weighted by molar-refractivity contribution is -0.149. The van der Waals surface area contributed by atoms with Crippen LogP contribution in [0.3, 0.4) is 0 Å². The number of hydrogen-bond donors (Lipinski definition) is 0. The first-order chi connectivity index (χ1) is 7.99. The zero-order chi connectivity index (χ0) is 12.8. The molecule has 0 spiro atoms. The van der Waals surface area contributed by atoms with E-state index < -0.39 is 5.97 Å². The van der Waals surface area contributed by atoms with Crippen molar-refractivity contribution in [1.29, 1.82) is 0 Å². The van der Waals surface area contributed by atoms with Gasteiger partial charge in [-0.05, 0) is 45.0 Å². The van der Waals surface area contributed by atoms with Crippen LogP contribution in [0, 0.1) is 0 Å². The Labute approximate surface area is 101 Å². The summed E-state index contributed by atoms with van der Waals surface area (Å²) in [5.41, 5.74) is 0.613. The summed E-state index contributed by atoms with van der Waals surface area (Å²) < 4.78 is 10.1. The van der Waals surface area contributed by atoms with E-state index in [-0.39, 0.29) is 18.5 Å². The van der Waals surface area contributed by atoms with E-state index in [9.17, 15) is 9.59 Å². The Morgan fingerprint density at radius 2 is 1.76 bits per heavy atom. The lowest BCUT2D eigenvalue weighted by Gasteiger charge is -2.09. The van der Waals surface area contributed by atoms with Gasteiger partial charge in [0.25, 0.3) is 0 Å². The summed E-state index contributed by atoms with van der Waals surface area (Å²) in [4.78, 5) is 22.2. The number of Topliss-reactive ketones (excluding diaryl/α,β-unsaturated/α-hetero) is 1. The quantitative estimate of drug-likeness (QED) is 0.581. The van der Waals surface area contributed by atoms with E-state index in [0.717, 1.165) is 0 Å². The van der Waals surface area contributed by atoms with Crippen LogP contribution in [0.1, 0.15) is 31.1 Å². The maximum atomic E-state index is 11.2. The molecule has 0 N–H and O–H groups in total. The molecule has 1 rings (SSSR count). The van der Waals surface area contributed by atoms with Gasteiger partial charge in [-0.15, -0.1) is 0 Å². The fourth-order valence-corrected chi connectivity index (χ4v) is 1.23. The van der Waals surface area contributed by atoms with Crippen molar-refractivity contribution >= 4 is 11.8 Å². The fourth-order valence-electron chi connectivity index (χ4n) is 1.23. The van der Waals surface area contributed by atoms with Crippen LogP contribution in [0.4, 0.5) is 0 Å². The van der Waals surface area contributed by atoms with Crippen LogP contribution in [0.2, 0.25) is 0 Å². The normalized spacial score (nSPS) is 10.1. The molecule has 0 radical (unpaired) electrons. The van der Waals surface area contributed by atoms with E-state index in [4.69, 9.17) is 9.47 Å². The molecule has 0 aliphatic heterocycles. The summed E-state index contributed by atoms with van der Waals surface area (Å²) in [6.45, 7) is 4.92. The highest BCUT2D eigenvalue weighted by Crippen LogP contribution is 2.12. The molecule has 0 aliphatic carbocycles. The topological polar surface area (TPSA) is 52.6 Å². The largest absolute Gasteiger partial charge is 0.482 e. The molecule has 0 atom stereocenters. The first kappa shape index (κ1) is 13.2. The molecule has 4 nitrogen and oxygen atoms in total. The van der Waals surface area contributed by atoms with Crippen molar-refractivity contribution in [2.45, 2.75) is 26.9 Å². The monoisotopic (exact) mass is 236 g/mol. The van der Waals surface area contributed by atoms with Crippen molar-refractivity contribution in [3.63, 3.8) is 0 Å². The van der Waals surface area contributed by atoms with E-state index in [1.54, 1.807) is 38.1 Å². The Morgan fingerprint density at radius 1 is 1.18 bits per heavy atom. The Balaban J connectivity index is 2.47. The minimum Gasteiger partial charge on any atom is -0.482 e. The Hall–Kier alpha value is -1.84. The summed E-state index contributed by atoms with van der Waals surface area (Å²) in [5, 5.41) is 0. The lowest BCUT2D eigenvalue weighted by Crippen LogP contribution is -2.18. The summed E-state index contributed by atoms with van der Waals surface area (Å²) in [7, 11) is 0. The van der Waals surface area contributed by atoms with E-state index in [1.165, 1.54) is 6.92 Å². The highest BCUT2D eigenvalue weighted by atomic mass is 16.6. The van der Waals surface area contributed by atoms with Crippen LogP contribution in [0.5, 0.6) is 5.75 Å². The molecule has 0 fully saturated rings. The van der Waals surface area contributed by atoms with Crippen molar-refractivity contribution in [1.82, 2.24) is 0 Å². The summed E-state index contributed by atoms with van der Waals surface area (Å²) >= 11 is 0. The average molecular weight is 236 g/mol. The SMILES string of the molecule is CC(=O)c1ccc(OCC(=O)OC(C)C)cc1. The number of esters is 1. The molecule has 0 heterocycles. The molecule has 0 aliphatic rings. The van der Waals surface area contributed by atoms with Crippen LogP contribution < -0.4 is 4.74 Å². The van der Waals surface area contributed by atoms with Crippen LogP contribution in [-0.4, -0.2) is 24.5 Å². The minimum atomic E-state index is -0.407. The molecule has 0 saturated heterocycles. The second-order valence-electron chi connectivity index (χ2n) is 3.91. The van der Waals surface area contributed by atoms with Gasteiger partial charge < -0.3 is 9.47 Å². The Bertz CT molecular complexity index is 392. The molecule has 0 unspecified atom stereocenters. The molecule has 4 heteroatoms. The smallest absolute Gasteiger partial charge is 0.344 e. The third kappa shape index (κ3) is 4.68. The number of carbonyl (C=O) groups excluding carboxylic acids is 2. The highest BCUT2D eigenvalue weighted by Gasteiger charge is 2.06. The van der Waals surface area contributed by atoms with Gasteiger partial charge in [0.1, 0.15) is 5.75 Å². The van der Waals surface area contributed by atoms with E-state index in [0.29, 0.717) is 11.3 Å². The van der Waals surface area contributed by atoms with E-state index in [2.05, 4.69) is 0 Å². The van der Waals surface area contributed by atoms with Crippen LogP contribution in [0.15, 0.2) is 24.3 Å². The van der Waals surface area contributed by atoms with Crippen molar-refractivity contribution in [3.05, 3.63) is 29.8 Å². The van der Waals surface area contributed by atoms with Crippen LogP contribution in [0.25, 0.3) is 0 Å². The predicted octanol–water partition coefficient (Wildman–Crippen LogP) is 2.22. The summed E-state index contributed by atoms with van der Waals surface area (Å²) in [5.74, 6) is 0.127. The number of ether oxygens (including phenoxy) is 2. The third-order valence-electron chi connectivity index (χ3n) is 1.98. The van der Waals surface area contributed by atoms with Gasteiger partial charge in [0.2, 0.25) is 0 Å². The van der Waals surface area contributed by atoms with Gasteiger partial charge in [0, 0.05) is 5.56 Å². The maximum Gasteiger partial charge on any atom is 0.344 e. The van der Waals surface area contributed by atoms with Crippen molar-refractivity contribution < 1.29 is 19.1 Å². The van der Waals surface area contributed by atoms with Gasteiger partial charge in [-0.3, -0.25) is 4.79 Å². The standard InChI is InChI=1S/C13H16O4/c1-9(2)17-13(15)8-16-12-6-4-11(5-7-12)10(3)14/h4-7,9H,8H2,1-3H3. The first-order valence-corrected chi connectivity index (χ1v) is 5.42. The van der Waals surface area contributed by atoms with Gasteiger partial charge >= 0.3 is 5.97 Å². The maximum absolute atomic E-state index is 11.2. The minimum absolute atomic E-state index is 0.00392. The van der Waals surface area contributed by atoms with Crippen molar-refractivity contribution in [2.75, 3.05) is 6.61 Å². The Morgan fingerprint density at radius 3 is 2.24 bits per heavy atom. The van der Waals surface area contributed by atoms with Crippen LogP contribution >= 0.6 is 0 Å². The predicted molar refractivity (Wildman–Crippen MR) is 63.2 cm³/mol. The molecule has 0 aromatic heterocycles. The molecule has 1 aromatic carbocycles. The number of rotatable bonds is 5. The number of carbonyl (C=O) groups is 2. The van der Waals surface area contributed by atoms with Gasteiger partial charge in [-0.1, -0.05) is 0 Å². The third-order valence-corrected chi connectivity index (χ3v) is 1.98. The second kappa shape index (κ2) is 6.03. The molecule has 0 saturated carbocycles. The lowest BCUT2D eigenvalue weighted by atomic mass is 10.1. The summed E-state index contributed by atoms with van der Waals surface area (Å²) in [6.07, 6.45) is -0.147. The number of benzene rings is 1. The first-order valence-electron chi connectivity index (χ1n) is 5.42. The Kier molecular flexibility index (Phi) is 4.69. The molecule has 1 aromatic rings. The second-order valence-corrected chi connectivity index (χ2v) is 3.91. The number of ketones is 1. The van der Waals surface area contributed by atoms with Gasteiger partial charge in [-0.2, -0.15) is 0 Å². The van der Waals surface area contributed by atoms with Crippen LogP contribution in [-0.2, 0) is 9.53 Å². The zero-order valence-corrected chi connectivity index (χ0v) is 10.2. The highest BCUT2D eigenvalue weighted by molar-refractivity contribution is 5.94. The van der Waals surface area contributed by atoms with Crippen molar-refractivity contribution in [2.24, 2.45) is 0 Å². The van der Waals surface area contributed by atoms with Gasteiger partial charge in [0.15, 0.2) is 12.4 Å². The summed E-state index contributed by atoms with van der Waals surface area (Å²) in [6, 6.07) is 6.62. The van der Waals surface area contributed by atoms with E-state index in [1.807, 2.05) is 0 Å². The zero-order valence-electron chi connectivity index (χ0n) is 10.2. The fraction of sp³-hybridized carbons (Fsp3) is 0.385. The molecular formula is C13H16O4. The average Bonchev–Trinajstić information content (AvgIpc) is 2.26. The molecule has 0 bridgehead atoms. The van der Waals surface area contributed by atoms with Crippen molar-refractivity contribution in [3.8, 4) is 5.75 Å². The molecule has 17 heavy (non-hydrogen) atoms. The van der Waals surface area contributed by atoms with Gasteiger partial charge in [0.05, 0.1) is 6.10 Å². The number of hydrogen-bond acceptors (Lipinski definition) is 4. The molecule has 92 valence electrons. The van der Waals surface area contributed by atoms with E-state index >= 15 is 0 Å². The molecule has 0 amide bonds. The molecular weight excluding hydrogens is 220 g/mol. The van der Waals surface area contributed by atoms with Gasteiger partial charge in [-0.25, -0.2) is 4.79 Å².